The molecule has 15 heavy (non-hydrogen) atoms. The minimum absolute atomic E-state index is 1.27. The van der Waals surface area contributed by atoms with Crippen molar-refractivity contribution in [3.63, 3.8) is 0 Å². The third-order valence-electron chi connectivity index (χ3n) is 2.54. The lowest BCUT2D eigenvalue weighted by Crippen LogP contribution is -2.34. The van der Waals surface area contributed by atoms with Gasteiger partial charge >= 0.3 is 0 Å². The fourth-order valence-electron chi connectivity index (χ4n) is 1.60. The zero-order valence-corrected chi connectivity index (χ0v) is 13.4. The summed E-state index contributed by atoms with van der Waals surface area (Å²) in [4.78, 5) is 0. The van der Waals surface area contributed by atoms with E-state index in [1.807, 2.05) is 0 Å². The van der Waals surface area contributed by atoms with Crippen LogP contribution in [-0.2, 0) is 0 Å². The van der Waals surface area contributed by atoms with Crippen molar-refractivity contribution >= 4 is 41.1 Å². The number of unbranched alkanes of at least 4 members (excludes halogenated alkanes) is 3. The van der Waals surface area contributed by atoms with Crippen molar-refractivity contribution in [2.45, 2.75) is 38.7 Å². The van der Waals surface area contributed by atoms with Crippen LogP contribution in [0.25, 0.3) is 0 Å². The van der Waals surface area contributed by atoms with E-state index >= 15 is 0 Å². The monoisotopic (exact) mass is 348 g/mol. The van der Waals surface area contributed by atoms with E-state index in [9.17, 15) is 0 Å². The van der Waals surface area contributed by atoms with Gasteiger partial charge < -0.3 is 0 Å². The molecule has 0 nitrogen and oxygen atoms in total. The van der Waals surface area contributed by atoms with Gasteiger partial charge in [-0.3, -0.25) is 0 Å². The number of benzene rings is 1. The first-order chi connectivity index (χ1) is 7.17. The molecular formula is C12H18Br2Si. The first-order valence-electron chi connectivity index (χ1n) is 5.60. The van der Waals surface area contributed by atoms with Crippen molar-refractivity contribution in [2.24, 2.45) is 0 Å². The van der Waals surface area contributed by atoms with E-state index < -0.39 is 5.31 Å². The van der Waals surface area contributed by atoms with Gasteiger partial charge in [0.25, 0.3) is 0 Å². The summed E-state index contributed by atoms with van der Waals surface area (Å²) in [5.74, 6) is 0. The first-order valence-corrected chi connectivity index (χ1v) is 12.3. The van der Waals surface area contributed by atoms with Crippen LogP contribution in [0.5, 0.6) is 0 Å². The summed E-state index contributed by atoms with van der Waals surface area (Å²) in [5.41, 5.74) is 0. The molecule has 0 heterocycles. The molecule has 0 atom stereocenters. The third-order valence-corrected chi connectivity index (χ3v) is 9.83. The van der Waals surface area contributed by atoms with Crippen LogP contribution < -0.4 is 5.19 Å². The third kappa shape index (κ3) is 4.83. The van der Waals surface area contributed by atoms with Crippen LogP contribution in [0.4, 0.5) is 0 Å². The van der Waals surface area contributed by atoms with Crippen molar-refractivity contribution in [3.05, 3.63) is 30.3 Å². The Hall–Kier alpha value is 0.397. The molecule has 3 heteroatoms. The van der Waals surface area contributed by atoms with Crippen molar-refractivity contribution < 1.29 is 0 Å². The molecule has 0 radical (unpaired) electrons. The van der Waals surface area contributed by atoms with Gasteiger partial charge in [0.1, 0.15) is 0 Å². The maximum absolute atomic E-state index is 3.90. The topological polar surface area (TPSA) is 0 Å². The number of hydrogen-bond acceptors (Lipinski definition) is 0. The average Bonchev–Trinajstić information content (AvgIpc) is 2.26. The van der Waals surface area contributed by atoms with Crippen LogP contribution in [0.1, 0.15) is 32.6 Å². The van der Waals surface area contributed by atoms with Gasteiger partial charge in [0.05, 0.1) is 0 Å². The smallest absolute Gasteiger partial charge is 0.105 e. The Kier molecular flexibility index (Phi) is 6.16. The van der Waals surface area contributed by atoms with Crippen molar-refractivity contribution in [2.75, 3.05) is 0 Å². The van der Waals surface area contributed by atoms with Crippen LogP contribution in [0.2, 0.25) is 6.04 Å². The summed E-state index contributed by atoms with van der Waals surface area (Å²) in [6.07, 6.45) is 5.35. The largest absolute Gasteiger partial charge is 0.230 e. The second-order valence-electron chi connectivity index (χ2n) is 3.88. The summed E-state index contributed by atoms with van der Waals surface area (Å²) in [5, 5.41) is -0.0586. The summed E-state index contributed by atoms with van der Waals surface area (Å²) in [6.45, 7) is 2.25. The van der Waals surface area contributed by atoms with Crippen molar-refractivity contribution in [1.82, 2.24) is 0 Å². The maximum Gasteiger partial charge on any atom is 0.230 e. The van der Waals surface area contributed by atoms with Gasteiger partial charge in [-0.2, -0.15) is 0 Å². The van der Waals surface area contributed by atoms with E-state index in [-0.39, 0.29) is 0 Å². The molecule has 0 unspecified atom stereocenters. The number of hydrogen-bond donors (Lipinski definition) is 0. The van der Waals surface area contributed by atoms with Gasteiger partial charge in [-0.25, -0.2) is 0 Å². The molecular weight excluding hydrogens is 332 g/mol. The molecule has 0 aromatic heterocycles. The average molecular weight is 350 g/mol. The molecule has 0 saturated carbocycles. The number of rotatable bonds is 6. The van der Waals surface area contributed by atoms with Gasteiger partial charge in [0.2, 0.25) is 5.31 Å². The predicted octanol–water partition coefficient (Wildman–Crippen LogP) is 4.71. The summed E-state index contributed by atoms with van der Waals surface area (Å²) < 4.78 is 0. The van der Waals surface area contributed by atoms with E-state index in [4.69, 9.17) is 0 Å². The molecule has 1 aromatic carbocycles. The zero-order chi connectivity index (χ0) is 11.1. The lowest BCUT2D eigenvalue weighted by Gasteiger charge is -2.17. The molecule has 0 N–H and O–H groups in total. The fraction of sp³-hybridized carbons (Fsp3) is 0.500. The molecule has 0 bridgehead atoms. The van der Waals surface area contributed by atoms with Crippen molar-refractivity contribution in [1.29, 1.82) is 0 Å². The molecule has 1 rings (SSSR count). The minimum atomic E-state index is -1.50. The molecule has 0 aliphatic heterocycles. The summed E-state index contributed by atoms with van der Waals surface area (Å²) >= 11 is 7.80. The first kappa shape index (κ1) is 13.5. The second-order valence-corrected chi connectivity index (χ2v) is 17.7. The van der Waals surface area contributed by atoms with Crippen LogP contribution in [0.15, 0.2) is 30.3 Å². The normalized spacial score (nSPS) is 11.7. The molecule has 0 amide bonds. The van der Waals surface area contributed by atoms with E-state index in [0.717, 1.165) is 0 Å². The molecule has 0 aliphatic carbocycles. The van der Waals surface area contributed by atoms with Crippen molar-refractivity contribution in [3.8, 4) is 0 Å². The summed E-state index contributed by atoms with van der Waals surface area (Å²) in [7, 11) is 0. The Morgan fingerprint density at radius 2 is 1.67 bits per heavy atom. The molecule has 0 aliphatic rings. The van der Waals surface area contributed by atoms with E-state index in [1.165, 1.54) is 36.9 Å². The number of halogens is 2. The lowest BCUT2D eigenvalue weighted by molar-refractivity contribution is 0.700. The highest BCUT2D eigenvalue weighted by Gasteiger charge is 2.27. The Morgan fingerprint density at radius 3 is 2.27 bits per heavy atom. The lowest BCUT2D eigenvalue weighted by atomic mass is 10.2. The van der Waals surface area contributed by atoms with Crippen LogP contribution in [0.3, 0.4) is 0 Å². The molecule has 1 aromatic rings. The highest BCUT2D eigenvalue weighted by Crippen LogP contribution is 2.27. The SMILES string of the molecule is CCCCCC[Si](Br)(Br)c1ccccc1. The van der Waals surface area contributed by atoms with Crippen LogP contribution in [-0.4, -0.2) is 5.31 Å². The summed E-state index contributed by atoms with van der Waals surface area (Å²) in [6, 6.07) is 12.0. The Balaban J connectivity index is 2.45. The standard InChI is InChI=1S/C12H18Br2Si/c1-2-3-4-8-11-15(13,14)12-9-6-5-7-10-12/h5-7,9-10H,2-4,8,11H2,1H3. The van der Waals surface area contributed by atoms with E-state index in [1.54, 1.807) is 0 Å². The second kappa shape index (κ2) is 6.87. The van der Waals surface area contributed by atoms with Gasteiger partial charge in [-0.15, -0.1) is 30.6 Å². The highest BCUT2D eigenvalue weighted by atomic mass is 79.9. The molecule has 84 valence electrons. The van der Waals surface area contributed by atoms with Gasteiger partial charge in [-0.05, 0) is 11.2 Å². The quantitative estimate of drug-likeness (QED) is 0.396. The van der Waals surface area contributed by atoms with E-state index in [2.05, 4.69) is 67.8 Å². The fourth-order valence-corrected chi connectivity index (χ4v) is 6.53. The highest BCUT2D eigenvalue weighted by molar-refractivity contribution is 9.51. The molecule has 0 saturated heterocycles. The van der Waals surface area contributed by atoms with Crippen LogP contribution in [0, 0.1) is 0 Å². The molecule has 0 fully saturated rings. The van der Waals surface area contributed by atoms with Gasteiger partial charge in [-0.1, -0.05) is 62.9 Å². The minimum Gasteiger partial charge on any atom is -0.105 e. The van der Waals surface area contributed by atoms with Gasteiger partial charge in [0, 0.05) is 0 Å². The van der Waals surface area contributed by atoms with Crippen LogP contribution >= 0.6 is 30.6 Å². The Bertz CT molecular complexity index is 272. The zero-order valence-electron chi connectivity index (χ0n) is 9.18. The molecule has 0 spiro atoms. The van der Waals surface area contributed by atoms with E-state index in [0.29, 0.717) is 0 Å². The Morgan fingerprint density at radius 1 is 1.00 bits per heavy atom. The maximum atomic E-state index is 3.90. The van der Waals surface area contributed by atoms with Gasteiger partial charge in [0.15, 0.2) is 0 Å². The Labute approximate surface area is 110 Å². The predicted molar refractivity (Wildman–Crippen MR) is 78.6 cm³/mol.